The fourth-order valence-corrected chi connectivity index (χ4v) is 10.9. The maximum atomic E-state index is 14.8. The van der Waals surface area contributed by atoms with E-state index in [1.54, 1.807) is 11.0 Å². The number of carbonyl (C=O) groups excluding carboxylic acids is 5. The molecule has 6 fully saturated rings. The normalized spacial score (nSPS) is 32.2. The first-order valence-electron chi connectivity index (χ1n) is 18.6. The number of nitrogens with one attached hydrogen (secondary N) is 3. The lowest BCUT2D eigenvalue weighted by atomic mass is 9.54. The largest absolute Gasteiger partial charge is 0.443 e. The molecular formula is C40H52N4O6. The highest BCUT2D eigenvalue weighted by Gasteiger charge is 2.70. The average Bonchev–Trinajstić information content (AvgIpc) is 3.42. The highest BCUT2D eigenvalue weighted by Crippen LogP contribution is 2.65. The van der Waals surface area contributed by atoms with Crippen LogP contribution in [0.4, 0.5) is 4.79 Å². The number of hydrogen-bond acceptors (Lipinski definition) is 6. The summed E-state index contributed by atoms with van der Waals surface area (Å²) >= 11 is 0. The Kier molecular flexibility index (Phi) is 9.18. The van der Waals surface area contributed by atoms with Gasteiger partial charge in [-0.2, -0.15) is 0 Å². The molecule has 1 aromatic rings. The summed E-state index contributed by atoms with van der Waals surface area (Å²) in [6.07, 6.45) is 10.8. The Labute approximate surface area is 295 Å². The minimum atomic E-state index is -1.07. The number of ketones is 1. The van der Waals surface area contributed by atoms with E-state index >= 15 is 0 Å². The van der Waals surface area contributed by atoms with Crippen molar-refractivity contribution in [3.8, 4) is 0 Å². The van der Waals surface area contributed by atoms with Crippen LogP contribution in [-0.2, 0) is 36.8 Å². The van der Waals surface area contributed by atoms with E-state index in [-0.39, 0.29) is 42.0 Å². The Balaban J connectivity index is 1.12. The van der Waals surface area contributed by atoms with Crippen molar-refractivity contribution in [2.75, 3.05) is 13.1 Å². The van der Waals surface area contributed by atoms with Gasteiger partial charge in [-0.3, -0.25) is 19.2 Å². The zero-order valence-corrected chi connectivity index (χ0v) is 29.5. The van der Waals surface area contributed by atoms with Crippen molar-refractivity contribution in [3.05, 3.63) is 60.7 Å². The average molecular weight is 685 g/mol. The summed E-state index contributed by atoms with van der Waals surface area (Å²) in [5.74, 6) is -0.720. The molecule has 50 heavy (non-hydrogen) atoms. The van der Waals surface area contributed by atoms with E-state index in [9.17, 15) is 24.0 Å². The Morgan fingerprint density at radius 3 is 2.14 bits per heavy atom. The summed E-state index contributed by atoms with van der Waals surface area (Å²) < 4.78 is 6.35. The van der Waals surface area contributed by atoms with E-state index in [2.05, 4.69) is 55.1 Å². The van der Waals surface area contributed by atoms with Crippen LogP contribution < -0.4 is 16.0 Å². The second-order valence-corrected chi connectivity index (χ2v) is 16.7. The zero-order valence-electron chi connectivity index (χ0n) is 29.5. The molecule has 5 saturated carbocycles. The summed E-state index contributed by atoms with van der Waals surface area (Å²) in [5.41, 5.74) is 1.68. The molecule has 4 amide bonds. The molecule has 0 aromatic heterocycles. The Hall–Kier alpha value is -3.95. The quantitative estimate of drug-likeness (QED) is 0.210. The minimum Gasteiger partial charge on any atom is -0.443 e. The van der Waals surface area contributed by atoms with Gasteiger partial charge in [0.1, 0.15) is 17.7 Å². The molecular weight excluding hydrogens is 632 g/mol. The number of fused-ring (bicyclic) bond motifs is 2. The van der Waals surface area contributed by atoms with Crippen LogP contribution in [0.2, 0.25) is 0 Å². The fraction of sp³-hybridized carbons (Fsp3) is 0.625. The fourth-order valence-electron chi connectivity index (χ4n) is 10.9. The van der Waals surface area contributed by atoms with Gasteiger partial charge in [0.05, 0.1) is 6.04 Å². The van der Waals surface area contributed by atoms with E-state index < -0.39 is 47.4 Å². The summed E-state index contributed by atoms with van der Waals surface area (Å²) in [6.45, 7) is 12.0. The third-order valence-electron chi connectivity index (χ3n) is 13.1. The first-order chi connectivity index (χ1) is 23.9. The molecule has 10 nitrogen and oxygen atoms in total. The summed E-state index contributed by atoms with van der Waals surface area (Å²) in [5, 5.41) is 8.42. The SMILES string of the molecule is C=CCCC(NC(=O)[C@@H]1[C@H]2[C@@H](CN1C(=O)[C@@H](NC(=O)OC13CC4CC(CC(C4)C1)C3)C1Cc3ccccc3C1)C2(C)C)C(=O)C(=O)NCC=C. The molecule has 1 unspecified atom stereocenters. The predicted molar refractivity (Wildman–Crippen MR) is 187 cm³/mol. The van der Waals surface area contributed by atoms with Gasteiger partial charge in [-0.15, -0.1) is 13.2 Å². The highest BCUT2D eigenvalue weighted by atomic mass is 16.6. The van der Waals surface area contributed by atoms with Crippen LogP contribution in [0.25, 0.3) is 0 Å². The molecule has 5 atom stereocenters. The number of Topliss-reactive ketones (excluding diaryl/α,β-unsaturated/α-hetero) is 1. The lowest BCUT2D eigenvalue weighted by molar-refractivity contribution is -0.145. The highest BCUT2D eigenvalue weighted by molar-refractivity contribution is 6.38. The number of ether oxygens (including phenoxy) is 1. The molecule has 1 heterocycles. The zero-order chi connectivity index (χ0) is 35.4. The number of rotatable bonds is 13. The number of alkyl carbamates (subject to hydrolysis) is 1. The number of benzene rings is 1. The summed E-state index contributed by atoms with van der Waals surface area (Å²) in [4.78, 5) is 70.3. The lowest BCUT2D eigenvalue weighted by Crippen LogP contribution is -2.60. The van der Waals surface area contributed by atoms with Crippen molar-refractivity contribution in [2.24, 2.45) is 40.9 Å². The number of hydrogen-bond donors (Lipinski definition) is 3. The first-order valence-corrected chi connectivity index (χ1v) is 18.6. The number of piperidine rings is 1. The molecule has 4 bridgehead atoms. The van der Waals surface area contributed by atoms with Gasteiger partial charge in [0.2, 0.25) is 17.6 Å². The molecule has 10 heteroatoms. The Morgan fingerprint density at radius 2 is 1.56 bits per heavy atom. The van der Waals surface area contributed by atoms with Gasteiger partial charge in [0, 0.05) is 13.1 Å². The molecule has 8 rings (SSSR count). The van der Waals surface area contributed by atoms with Gasteiger partial charge >= 0.3 is 6.09 Å². The number of carbonyl (C=O) groups is 5. The van der Waals surface area contributed by atoms with Gasteiger partial charge < -0.3 is 25.6 Å². The topological polar surface area (TPSA) is 134 Å². The molecule has 1 aliphatic heterocycles. The third kappa shape index (κ3) is 6.39. The van der Waals surface area contributed by atoms with Crippen molar-refractivity contribution in [3.63, 3.8) is 0 Å². The van der Waals surface area contributed by atoms with Crippen LogP contribution in [0.3, 0.4) is 0 Å². The Bertz CT molecular complexity index is 1520. The smallest absolute Gasteiger partial charge is 0.408 e. The van der Waals surface area contributed by atoms with Crippen LogP contribution in [0, 0.1) is 40.9 Å². The van der Waals surface area contributed by atoms with Gasteiger partial charge in [-0.25, -0.2) is 4.79 Å². The monoisotopic (exact) mass is 684 g/mol. The number of allylic oxidation sites excluding steroid dienone is 1. The predicted octanol–water partition coefficient (Wildman–Crippen LogP) is 4.27. The molecule has 0 radical (unpaired) electrons. The second kappa shape index (κ2) is 13.3. The number of nitrogens with zero attached hydrogens (tertiary/aromatic N) is 1. The van der Waals surface area contributed by atoms with Crippen LogP contribution in [-0.4, -0.2) is 71.3 Å². The summed E-state index contributed by atoms with van der Waals surface area (Å²) in [7, 11) is 0. The first kappa shape index (κ1) is 34.5. The molecule has 6 aliphatic carbocycles. The van der Waals surface area contributed by atoms with Gasteiger partial charge in [-0.1, -0.05) is 50.3 Å². The maximum Gasteiger partial charge on any atom is 0.408 e. The van der Waals surface area contributed by atoms with E-state index in [1.165, 1.54) is 25.3 Å². The van der Waals surface area contributed by atoms with Crippen LogP contribution in [0.5, 0.6) is 0 Å². The molecule has 7 aliphatic rings. The molecule has 268 valence electrons. The van der Waals surface area contributed by atoms with Crippen LogP contribution in [0.1, 0.15) is 76.3 Å². The van der Waals surface area contributed by atoms with E-state index in [0.29, 0.717) is 43.6 Å². The van der Waals surface area contributed by atoms with Crippen molar-refractivity contribution >= 4 is 29.6 Å². The van der Waals surface area contributed by atoms with E-state index in [4.69, 9.17) is 4.74 Å². The number of likely N-dealkylation sites (tertiary alicyclic amines) is 1. The molecule has 1 saturated heterocycles. The third-order valence-corrected chi connectivity index (χ3v) is 13.1. The van der Waals surface area contributed by atoms with Crippen molar-refractivity contribution < 1.29 is 28.7 Å². The number of amides is 4. The maximum absolute atomic E-state index is 14.8. The second-order valence-electron chi connectivity index (χ2n) is 16.7. The Morgan fingerprint density at radius 1 is 0.940 bits per heavy atom. The molecule has 3 N–H and O–H groups in total. The molecule has 1 aromatic carbocycles. The van der Waals surface area contributed by atoms with Crippen molar-refractivity contribution in [2.45, 2.75) is 102 Å². The van der Waals surface area contributed by atoms with Gasteiger partial charge in [0.15, 0.2) is 0 Å². The van der Waals surface area contributed by atoms with Crippen molar-refractivity contribution in [1.82, 2.24) is 20.9 Å². The minimum absolute atomic E-state index is 0.0980. The standard InChI is InChI=1S/C40H52N4O6/c1-5-7-12-30(34(45)36(47)41-13-6-2)42-35(46)33-31-29(39(31,3)4)22-44(33)37(48)32(28-17-26-10-8-9-11-27(26)18-28)43-38(49)50-40-19-23-14-24(20-40)16-25(15-23)21-40/h5-6,8-11,23-25,28-33H,1-2,7,12-22H2,3-4H3,(H,41,47)(H,42,46)(H,43,49)/t23?,24?,25?,29-,30?,31-,32+,33+,40?/m1/s1. The van der Waals surface area contributed by atoms with Crippen LogP contribution >= 0.6 is 0 Å². The van der Waals surface area contributed by atoms with Crippen LogP contribution in [0.15, 0.2) is 49.6 Å². The van der Waals surface area contributed by atoms with Gasteiger partial charge in [0.25, 0.3) is 5.91 Å². The molecule has 0 spiro atoms. The lowest BCUT2D eigenvalue weighted by Gasteiger charge is -2.55. The van der Waals surface area contributed by atoms with Gasteiger partial charge in [-0.05, 0) is 116 Å². The van der Waals surface area contributed by atoms with E-state index in [0.717, 1.165) is 30.4 Å². The summed E-state index contributed by atoms with van der Waals surface area (Å²) in [6, 6.07) is 5.32. The van der Waals surface area contributed by atoms with E-state index in [1.807, 2.05) is 12.1 Å². The van der Waals surface area contributed by atoms with Crippen molar-refractivity contribution in [1.29, 1.82) is 0 Å².